The number of amides is 1. The molecule has 118 valence electrons. The maximum atomic E-state index is 11.9. The Bertz CT molecular complexity index is 695. The molecule has 23 heavy (non-hydrogen) atoms. The molecule has 0 bridgehead atoms. The molecule has 3 rings (SSSR count). The molecule has 0 saturated carbocycles. The number of ether oxygens (including phenoxy) is 2. The number of rotatable bonds is 4. The van der Waals surface area contributed by atoms with Gasteiger partial charge in [-0.05, 0) is 29.3 Å². The normalized spacial score (nSPS) is 13.6. The first-order chi connectivity index (χ1) is 11.3. The fourth-order valence-corrected chi connectivity index (χ4v) is 2.30. The zero-order valence-corrected chi connectivity index (χ0v) is 12.8. The van der Waals surface area contributed by atoms with E-state index in [4.69, 9.17) is 9.47 Å². The van der Waals surface area contributed by atoms with Gasteiger partial charge < -0.3 is 14.8 Å². The van der Waals surface area contributed by atoms with Crippen molar-refractivity contribution >= 4 is 12.0 Å². The van der Waals surface area contributed by atoms with E-state index in [2.05, 4.69) is 5.32 Å². The van der Waals surface area contributed by atoms with Crippen LogP contribution in [0.3, 0.4) is 0 Å². The third-order valence-corrected chi connectivity index (χ3v) is 3.51. The Morgan fingerprint density at radius 2 is 1.83 bits per heavy atom. The van der Waals surface area contributed by atoms with Crippen molar-refractivity contribution in [2.45, 2.75) is 13.0 Å². The largest absolute Gasteiger partial charge is 0.490 e. The minimum atomic E-state index is -0.124. The topological polar surface area (TPSA) is 47.6 Å². The van der Waals surface area contributed by atoms with E-state index in [9.17, 15) is 4.79 Å². The summed E-state index contributed by atoms with van der Waals surface area (Å²) < 4.78 is 11.2. The molecular formula is C19H19NO3. The Morgan fingerprint density at radius 3 is 2.65 bits per heavy atom. The maximum Gasteiger partial charge on any atom is 0.244 e. The lowest BCUT2D eigenvalue weighted by atomic mass is 10.2. The third kappa shape index (κ3) is 4.36. The van der Waals surface area contributed by atoms with Crippen LogP contribution in [-0.2, 0) is 11.3 Å². The molecule has 1 heterocycles. The molecule has 4 nitrogen and oxygen atoms in total. The Balaban J connectivity index is 1.59. The number of nitrogens with one attached hydrogen (secondary N) is 1. The summed E-state index contributed by atoms with van der Waals surface area (Å²) in [7, 11) is 0. The number of hydrogen-bond donors (Lipinski definition) is 1. The Hall–Kier alpha value is -2.75. The minimum absolute atomic E-state index is 0.124. The summed E-state index contributed by atoms with van der Waals surface area (Å²) in [6, 6.07) is 15.5. The molecule has 0 spiro atoms. The van der Waals surface area contributed by atoms with Crippen LogP contribution < -0.4 is 14.8 Å². The zero-order valence-electron chi connectivity index (χ0n) is 12.8. The summed E-state index contributed by atoms with van der Waals surface area (Å²) in [6.45, 7) is 1.84. The molecule has 0 saturated heterocycles. The first kappa shape index (κ1) is 15.2. The van der Waals surface area contributed by atoms with Crippen molar-refractivity contribution in [1.82, 2.24) is 5.32 Å². The van der Waals surface area contributed by atoms with Crippen molar-refractivity contribution in [1.29, 1.82) is 0 Å². The molecule has 2 aromatic rings. The lowest BCUT2D eigenvalue weighted by Gasteiger charge is -2.07. The minimum Gasteiger partial charge on any atom is -0.490 e. The molecule has 2 aromatic carbocycles. The molecule has 1 amide bonds. The van der Waals surface area contributed by atoms with Gasteiger partial charge in [0.15, 0.2) is 11.5 Å². The second kappa shape index (κ2) is 7.49. The Labute approximate surface area is 135 Å². The molecule has 0 atom stereocenters. The first-order valence-electron chi connectivity index (χ1n) is 7.71. The summed E-state index contributed by atoms with van der Waals surface area (Å²) in [6.07, 6.45) is 4.18. The second-order valence-electron chi connectivity index (χ2n) is 5.29. The highest BCUT2D eigenvalue weighted by Gasteiger charge is 2.09. The van der Waals surface area contributed by atoms with Crippen LogP contribution in [0.2, 0.25) is 0 Å². The SMILES string of the molecule is O=C(C=Cc1ccc2c(c1)OCCCO2)NCc1ccccc1. The second-order valence-corrected chi connectivity index (χ2v) is 5.29. The highest BCUT2D eigenvalue weighted by Crippen LogP contribution is 2.30. The van der Waals surface area contributed by atoms with Crippen molar-refractivity contribution in [2.75, 3.05) is 13.2 Å². The van der Waals surface area contributed by atoms with Crippen molar-refractivity contribution in [3.05, 3.63) is 65.7 Å². The molecule has 0 radical (unpaired) electrons. The van der Waals surface area contributed by atoms with E-state index in [1.807, 2.05) is 48.5 Å². The van der Waals surface area contributed by atoms with Crippen molar-refractivity contribution < 1.29 is 14.3 Å². The summed E-state index contributed by atoms with van der Waals surface area (Å²) in [5.74, 6) is 1.36. The van der Waals surface area contributed by atoms with E-state index in [0.29, 0.717) is 19.8 Å². The van der Waals surface area contributed by atoms with Gasteiger partial charge in [0.25, 0.3) is 0 Å². The number of carbonyl (C=O) groups is 1. The quantitative estimate of drug-likeness (QED) is 0.882. The maximum absolute atomic E-state index is 11.9. The van der Waals surface area contributed by atoms with Crippen LogP contribution in [0.5, 0.6) is 11.5 Å². The van der Waals surface area contributed by atoms with E-state index in [1.54, 1.807) is 6.08 Å². The highest BCUT2D eigenvalue weighted by molar-refractivity contribution is 5.91. The van der Waals surface area contributed by atoms with Crippen LogP contribution in [0.15, 0.2) is 54.6 Å². The van der Waals surface area contributed by atoms with Gasteiger partial charge in [-0.25, -0.2) is 0 Å². The molecular weight excluding hydrogens is 290 g/mol. The third-order valence-electron chi connectivity index (χ3n) is 3.51. The summed E-state index contributed by atoms with van der Waals surface area (Å²) in [4.78, 5) is 11.9. The standard InChI is InChI=1S/C19H19NO3/c21-19(20-14-16-5-2-1-3-6-16)10-8-15-7-9-17-18(13-15)23-12-4-11-22-17/h1-3,5-10,13H,4,11-12,14H2,(H,20,21). The molecule has 0 aliphatic carbocycles. The number of carbonyl (C=O) groups excluding carboxylic acids is 1. The van der Waals surface area contributed by atoms with E-state index < -0.39 is 0 Å². The molecule has 1 aliphatic rings. The van der Waals surface area contributed by atoms with Crippen molar-refractivity contribution in [3.8, 4) is 11.5 Å². The number of benzene rings is 2. The molecule has 0 fully saturated rings. The van der Waals surface area contributed by atoms with Gasteiger partial charge in [-0.2, -0.15) is 0 Å². The van der Waals surface area contributed by atoms with Crippen molar-refractivity contribution in [2.24, 2.45) is 0 Å². The fourth-order valence-electron chi connectivity index (χ4n) is 2.30. The average molecular weight is 309 g/mol. The van der Waals surface area contributed by atoms with Crippen LogP contribution >= 0.6 is 0 Å². The van der Waals surface area contributed by atoms with Crippen LogP contribution in [0.25, 0.3) is 6.08 Å². The van der Waals surface area contributed by atoms with Crippen LogP contribution in [0.4, 0.5) is 0 Å². The van der Waals surface area contributed by atoms with E-state index in [-0.39, 0.29) is 5.91 Å². The predicted molar refractivity (Wildman–Crippen MR) is 89.4 cm³/mol. The van der Waals surface area contributed by atoms with Crippen LogP contribution in [0, 0.1) is 0 Å². The van der Waals surface area contributed by atoms with Crippen molar-refractivity contribution in [3.63, 3.8) is 0 Å². The van der Waals surface area contributed by atoms with Gasteiger partial charge in [-0.1, -0.05) is 36.4 Å². The molecule has 4 heteroatoms. The smallest absolute Gasteiger partial charge is 0.244 e. The molecule has 0 aromatic heterocycles. The van der Waals surface area contributed by atoms with E-state index in [1.165, 1.54) is 6.08 Å². The van der Waals surface area contributed by atoms with Gasteiger partial charge in [0.1, 0.15) is 0 Å². The van der Waals surface area contributed by atoms with Gasteiger partial charge in [0.05, 0.1) is 13.2 Å². The predicted octanol–water partition coefficient (Wildman–Crippen LogP) is 3.18. The average Bonchev–Trinajstić information content (AvgIpc) is 2.84. The van der Waals surface area contributed by atoms with Gasteiger partial charge in [-0.3, -0.25) is 4.79 Å². The summed E-state index contributed by atoms with van der Waals surface area (Å²) in [5.41, 5.74) is 1.98. The Kier molecular flexibility index (Phi) is 4.94. The van der Waals surface area contributed by atoms with Gasteiger partial charge in [0, 0.05) is 19.0 Å². The molecule has 1 aliphatic heterocycles. The van der Waals surface area contributed by atoms with Crippen LogP contribution in [0.1, 0.15) is 17.5 Å². The molecule has 0 unspecified atom stereocenters. The lowest BCUT2D eigenvalue weighted by Crippen LogP contribution is -2.20. The monoisotopic (exact) mass is 309 g/mol. The van der Waals surface area contributed by atoms with E-state index in [0.717, 1.165) is 29.0 Å². The van der Waals surface area contributed by atoms with Gasteiger partial charge in [0.2, 0.25) is 5.91 Å². The van der Waals surface area contributed by atoms with Gasteiger partial charge in [-0.15, -0.1) is 0 Å². The highest BCUT2D eigenvalue weighted by atomic mass is 16.5. The Morgan fingerprint density at radius 1 is 1.04 bits per heavy atom. The van der Waals surface area contributed by atoms with Gasteiger partial charge >= 0.3 is 0 Å². The lowest BCUT2D eigenvalue weighted by molar-refractivity contribution is -0.116. The summed E-state index contributed by atoms with van der Waals surface area (Å²) in [5, 5.41) is 2.86. The fraction of sp³-hybridized carbons (Fsp3) is 0.211. The molecule has 1 N–H and O–H groups in total. The van der Waals surface area contributed by atoms with Crippen LogP contribution in [-0.4, -0.2) is 19.1 Å². The number of fused-ring (bicyclic) bond motifs is 1. The zero-order chi connectivity index (χ0) is 15.9. The first-order valence-corrected chi connectivity index (χ1v) is 7.71. The van der Waals surface area contributed by atoms with E-state index >= 15 is 0 Å². The number of hydrogen-bond acceptors (Lipinski definition) is 3. The summed E-state index contributed by atoms with van der Waals surface area (Å²) >= 11 is 0.